The lowest BCUT2D eigenvalue weighted by Gasteiger charge is -2.14. The highest BCUT2D eigenvalue weighted by atomic mass is 35.5. The Kier molecular flexibility index (Phi) is 4.01. The Hall–Kier alpha value is -1.66. The quantitative estimate of drug-likeness (QED) is 0.679. The van der Waals surface area contributed by atoms with Crippen LogP contribution in [0.15, 0.2) is 24.4 Å². The maximum absolute atomic E-state index is 10.6. The second-order valence-electron chi connectivity index (χ2n) is 4.12. The maximum Gasteiger partial charge on any atom is 0.287 e. The number of thiophene rings is 1. The summed E-state index contributed by atoms with van der Waals surface area (Å²) in [4.78, 5) is 15.4. The average molecular weight is 298 g/mol. The molecule has 1 atom stereocenters. The molecule has 0 radical (unpaired) electrons. The summed E-state index contributed by atoms with van der Waals surface area (Å²) >= 11 is 7.39. The van der Waals surface area contributed by atoms with Crippen LogP contribution in [0.1, 0.15) is 23.4 Å². The van der Waals surface area contributed by atoms with Crippen LogP contribution < -0.4 is 5.32 Å². The van der Waals surface area contributed by atoms with Gasteiger partial charge >= 0.3 is 0 Å². The van der Waals surface area contributed by atoms with Gasteiger partial charge in [-0.2, -0.15) is 0 Å². The predicted octanol–water partition coefficient (Wildman–Crippen LogP) is 4.19. The van der Waals surface area contributed by atoms with Crippen LogP contribution in [0.3, 0.4) is 0 Å². The van der Waals surface area contributed by atoms with Gasteiger partial charge in [0.05, 0.1) is 15.3 Å². The molecule has 0 amide bonds. The van der Waals surface area contributed by atoms with Crippen molar-refractivity contribution in [3.63, 3.8) is 0 Å². The smallest absolute Gasteiger partial charge is 0.287 e. The van der Waals surface area contributed by atoms with Crippen LogP contribution in [0.25, 0.3) is 0 Å². The number of nitrogens with one attached hydrogen (secondary N) is 1. The molecule has 0 saturated heterocycles. The SMILES string of the molecule is Cc1cc([N+](=O)[O-])cnc1NC(C)c1ccc(Cl)s1. The van der Waals surface area contributed by atoms with E-state index in [1.165, 1.54) is 23.6 Å². The normalized spacial score (nSPS) is 12.2. The lowest BCUT2D eigenvalue weighted by Crippen LogP contribution is -2.08. The molecule has 7 heteroatoms. The summed E-state index contributed by atoms with van der Waals surface area (Å²) in [6, 6.07) is 5.34. The number of hydrogen-bond donors (Lipinski definition) is 1. The van der Waals surface area contributed by atoms with E-state index in [0.717, 1.165) is 14.8 Å². The van der Waals surface area contributed by atoms with Gasteiger partial charge in [-0.05, 0) is 31.5 Å². The number of anilines is 1. The molecule has 0 fully saturated rings. The number of pyridine rings is 1. The summed E-state index contributed by atoms with van der Waals surface area (Å²) in [7, 11) is 0. The molecular formula is C12H12ClN3O2S. The van der Waals surface area contributed by atoms with Crippen LogP contribution in [0.2, 0.25) is 4.34 Å². The van der Waals surface area contributed by atoms with Crippen molar-refractivity contribution in [3.8, 4) is 0 Å². The molecule has 100 valence electrons. The van der Waals surface area contributed by atoms with Crippen molar-refractivity contribution in [1.82, 2.24) is 4.98 Å². The van der Waals surface area contributed by atoms with Crippen molar-refractivity contribution in [2.45, 2.75) is 19.9 Å². The average Bonchev–Trinajstić information content (AvgIpc) is 2.78. The largest absolute Gasteiger partial charge is 0.363 e. The van der Waals surface area contributed by atoms with Gasteiger partial charge in [0.2, 0.25) is 0 Å². The maximum atomic E-state index is 10.6. The lowest BCUT2D eigenvalue weighted by molar-refractivity contribution is -0.385. The fourth-order valence-electron chi connectivity index (χ4n) is 1.65. The van der Waals surface area contributed by atoms with E-state index in [9.17, 15) is 10.1 Å². The van der Waals surface area contributed by atoms with Crippen molar-refractivity contribution in [3.05, 3.63) is 49.3 Å². The molecule has 0 spiro atoms. The summed E-state index contributed by atoms with van der Waals surface area (Å²) < 4.78 is 0.733. The summed E-state index contributed by atoms with van der Waals surface area (Å²) in [5.41, 5.74) is 0.735. The zero-order chi connectivity index (χ0) is 14.0. The van der Waals surface area contributed by atoms with Gasteiger partial charge in [0.25, 0.3) is 5.69 Å². The van der Waals surface area contributed by atoms with E-state index in [4.69, 9.17) is 11.6 Å². The van der Waals surface area contributed by atoms with E-state index >= 15 is 0 Å². The molecule has 1 N–H and O–H groups in total. The number of aryl methyl sites for hydroxylation is 1. The number of aromatic nitrogens is 1. The fraction of sp³-hybridized carbons (Fsp3) is 0.250. The standard InChI is InChI=1S/C12H12ClN3O2S/c1-7-5-9(16(17)18)6-14-12(7)15-8(2)10-3-4-11(13)19-10/h3-6,8H,1-2H3,(H,14,15). The third kappa shape index (κ3) is 3.21. The molecule has 2 rings (SSSR count). The molecular weight excluding hydrogens is 286 g/mol. The first-order chi connectivity index (χ1) is 8.97. The van der Waals surface area contributed by atoms with E-state index in [2.05, 4.69) is 10.3 Å². The minimum atomic E-state index is -0.452. The van der Waals surface area contributed by atoms with Gasteiger partial charge in [-0.3, -0.25) is 10.1 Å². The van der Waals surface area contributed by atoms with Gasteiger partial charge in [-0.15, -0.1) is 11.3 Å². The molecule has 0 aliphatic carbocycles. The highest BCUT2D eigenvalue weighted by Gasteiger charge is 2.13. The Labute approximate surface area is 119 Å². The summed E-state index contributed by atoms with van der Waals surface area (Å²) in [6.07, 6.45) is 1.25. The Morgan fingerprint density at radius 3 is 2.79 bits per heavy atom. The van der Waals surface area contributed by atoms with Gasteiger partial charge in [-0.25, -0.2) is 4.98 Å². The number of halogens is 1. The van der Waals surface area contributed by atoms with Gasteiger partial charge in [0, 0.05) is 10.9 Å². The first-order valence-corrected chi connectivity index (χ1v) is 6.79. The number of rotatable bonds is 4. The van der Waals surface area contributed by atoms with Crippen LogP contribution in [-0.4, -0.2) is 9.91 Å². The summed E-state index contributed by atoms with van der Waals surface area (Å²) in [5, 5.41) is 13.9. The molecule has 0 saturated carbocycles. The predicted molar refractivity (Wildman–Crippen MR) is 77.0 cm³/mol. The zero-order valence-electron chi connectivity index (χ0n) is 10.4. The fourth-order valence-corrected chi connectivity index (χ4v) is 2.71. The molecule has 5 nitrogen and oxygen atoms in total. The molecule has 2 aromatic rings. The number of nitrogens with zero attached hydrogens (tertiary/aromatic N) is 2. The Bertz CT molecular complexity index is 615. The molecule has 0 aromatic carbocycles. The lowest BCUT2D eigenvalue weighted by atomic mass is 10.2. The van der Waals surface area contributed by atoms with E-state index in [0.29, 0.717) is 5.82 Å². The first kappa shape index (κ1) is 13.8. The number of nitro groups is 1. The van der Waals surface area contributed by atoms with E-state index in [1.807, 2.05) is 19.1 Å². The molecule has 0 aliphatic heterocycles. The molecule has 2 heterocycles. The monoisotopic (exact) mass is 297 g/mol. The van der Waals surface area contributed by atoms with Crippen LogP contribution in [0.4, 0.5) is 11.5 Å². The van der Waals surface area contributed by atoms with Crippen LogP contribution in [0, 0.1) is 17.0 Å². The van der Waals surface area contributed by atoms with Crippen LogP contribution in [0.5, 0.6) is 0 Å². The van der Waals surface area contributed by atoms with Crippen LogP contribution in [-0.2, 0) is 0 Å². The summed E-state index contributed by atoms with van der Waals surface area (Å²) in [5.74, 6) is 0.641. The highest BCUT2D eigenvalue weighted by molar-refractivity contribution is 7.16. The Balaban J connectivity index is 2.17. The van der Waals surface area contributed by atoms with Gasteiger partial charge < -0.3 is 5.32 Å². The first-order valence-electron chi connectivity index (χ1n) is 5.60. The highest BCUT2D eigenvalue weighted by Crippen LogP contribution is 2.29. The van der Waals surface area contributed by atoms with Crippen molar-refractivity contribution in [1.29, 1.82) is 0 Å². The van der Waals surface area contributed by atoms with Crippen LogP contribution >= 0.6 is 22.9 Å². The van der Waals surface area contributed by atoms with Crippen molar-refractivity contribution in [2.24, 2.45) is 0 Å². The van der Waals surface area contributed by atoms with E-state index < -0.39 is 4.92 Å². The van der Waals surface area contributed by atoms with E-state index in [1.54, 1.807) is 6.92 Å². The minimum absolute atomic E-state index is 0.00475. The van der Waals surface area contributed by atoms with Gasteiger partial charge in [-0.1, -0.05) is 11.6 Å². The molecule has 1 unspecified atom stereocenters. The second-order valence-corrected chi connectivity index (χ2v) is 5.87. The second kappa shape index (κ2) is 5.54. The van der Waals surface area contributed by atoms with Crippen molar-refractivity contribution in [2.75, 3.05) is 5.32 Å². The van der Waals surface area contributed by atoms with Crippen molar-refractivity contribution >= 4 is 34.4 Å². The molecule has 19 heavy (non-hydrogen) atoms. The van der Waals surface area contributed by atoms with Crippen molar-refractivity contribution < 1.29 is 4.92 Å². The third-order valence-corrected chi connectivity index (χ3v) is 4.06. The van der Waals surface area contributed by atoms with Gasteiger partial charge in [0.1, 0.15) is 12.0 Å². The number of hydrogen-bond acceptors (Lipinski definition) is 5. The Morgan fingerprint density at radius 2 is 2.26 bits per heavy atom. The zero-order valence-corrected chi connectivity index (χ0v) is 12.0. The third-order valence-electron chi connectivity index (χ3n) is 2.65. The molecule has 2 aromatic heterocycles. The minimum Gasteiger partial charge on any atom is -0.363 e. The van der Waals surface area contributed by atoms with E-state index in [-0.39, 0.29) is 11.7 Å². The molecule has 0 bridgehead atoms. The molecule has 0 aliphatic rings. The Morgan fingerprint density at radius 1 is 1.53 bits per heavy atom. The van der Waals surface area contributed by atoms with Gasteiger partial charge in [0.15, 0.2) is 0 Å². The summed E-state index contributed by atoms with van der Waals surface area (Å²) in [6.45, 7) is 3.78. The topological polar surface area (TPSA) is 68.1 Å².